The van der Waals surface area contributed by atoms with E-state index in [2.05, 4.69) is 59.4 Å². The van der Waals surface area contributed by atoms with Crippen LogP contribution in [0, 0.1) is 0 Å². The van der Waals surface area contributed by atoms with Gasteiger partial charge in [-0.05, 0) is 55.4 Å². The van der Waals surface area contributed by atoms with Crippen LogP contribution in [0.15, 0.2) is 84.9 Å². The molecule has 3 rings (SSSR count). The molecule has 0 fully saturated rings. The van der Waals surface area contributed by atoms with E-state index in [1.165, 1.54) is 23.7 Å². The molecule has 3 aromatic rings. The number of primary sulfonamides is 1. The summed E-state index contributed by atoms with van der Waals surface area (Å²) in [7, 11) is -1.80. The second kappa shape index (κ2) is 23.6. The minimum Gasteiger partial charge on any atom is -0.508 e. The third-order valence-corrected chi connectivity index (χ3v) is 5.22. The van der Waals surface area contributed by atoms with Crippen LogP contribution in [0.1, 0.15) is 29.5 Å². The molecule has 0 aliphatic carbocycles. The zero-order valence-electron chi connectivity index (χ0n) is 22.0. The third kappa shape index (κ3) is 20.0. The van der Waals surface area contributed by atoms with E-state index in [-0.39, 0.29) is 12.3 Å². The average molecular weight is 535 g/mol. The van der Waals surface area contributed by atoms with Crippen LogP contribution in [0.4, 0.5) is 0 Å². The highest BCUT2D eigenvalue weighted by Gasteiger charge is 2.10. The van der Waals surface area contributed by atoms with Gasteiger partial charge in [-0.2, -0.15) is 0 Å². The van der Waals surface area contributed by atoms with E-state index >= 15 is 0 Å². The average Bonchev–Trinajstić information content (AvgIpc) is 2.89. The summed E-state index contributed by atoms with van der Waals surface area (Å²) in [6.07, 6.45) is 0.875. The summed E-state index contributed by atoms with van der Waals surface area (Å²) in [6.45, 7) is 4.05. The van der Waals surface area contributed by atoms with E-state index in [0.29, 0.717) is 24.8 Å². The molecule has 0 atom stereocenters. The molecular formula is C27H46N6O3S. The number of benzene rings is 3. The zero-order chi connectivity index (χ0) is 28.5. The minimum absolute atomic E-state index is 0.0961. The lowest BCUT2D eigenvalue weighted by atomic mass is 9.92. The Labute approximate surface area is 222 Å². The molecule has 3 aromatic carbocycles. The van der Waals surface area contributed by atoms with Gasteiger partial charge in [0, 0.05) is 19.0 Å². The lowest BCUT2D eigenvalue weighted by Gasteiger charge is -2.15. The Hall–Kier alpha value is -2.83. The summed E-state index contributed by atoms with van der Waals surface area (Å²) >= 11 is 0. The van der Waals surface area contributed by atoms with Gasteiger partial charge in [0.25, 0.3) is 0 Å². The molecule has 0 radical (unpaired) electrons. The SMILES string of the molecule is CCN.CN.NCC(c1ccccc1)c1ccccc1.NCCS(N)(=O)=O.NCCc1ccc(O)cc1. The molecule has 0 aromatic heterocycles. The first-order valence-electron chi connectivity index (χ1n) is 12.0. The van der Waals surface area contributed by atoms with E-state index in [9.17, 15) is 8.42 Å². The molecule has 0 aliphatic rings. The van der Waals surface area contributed by atoms with Crippen molar-refractivity contribution in [3.63, 3.8) is 0 Å². The van der Waals surface area contributed by atoms with Crippen LogP contribution in [0.25, 0.3) is 0 Å². The Morgan fingerprint density at radius 3 is 1.41 bits per heavy atom. The molecule has 0 amide bonds. The normalized spacial score (nSPS) is 9.76. The van der Waals surface area contributed by atoms with Crippen molar-refractivity contribution in [1.29, 1.82) is 0 Å². The van der Waals surface area contributed by atoms with Crippen molar-refractivity contribution in [2.24, 2.45) is 33.8 Å². The van der Waals surface area contributed by atoms with Crippen LogP contribution in [-0.2, 0) is 16.4 Å². The molecule has 13 N–H and O–H groups in total. The van der Waals surface area contributed by atoms with Gasteiger partial charge in [-0.3, -0.25) is 0 Å². The second-order valence-electron chi connectivity index (χ2n) is 7.38. The molecule has 0 saturated carbocycles. The standard InChI is InChI=1S/C14H15N.C8H11NO.C2H8N2O2S.C2H7N.CH5N/c15-11-14(12-7-3-1-4-8-12)13-9-5-2-6-10-13;9-6-5-7-1-3-8(10)4-2-7;3-1-2-7(4,5)6;1-2-3;1-2/h1-10,14H,11,15H2;1-4,10H,5-6,9H2;1-3H2,(H2,4,5,6);2-3H2,1H3;2H2,1H3. The van der Waals surface area contributed by atoms with Gasteiger partial charge in [-0.1, -0.05) is 79.7 Å². The Bertz CT molecular complexity index is 950. The largest absolute Gasteiger partial charge is 0.508 e. The summed E-state index contributed by atoms with van der Waals surface area (Å²) in [4.78, 5) is 0. The number of hydrogen-bond acceptors (Lipinski definition) is 8. The van der Waals surface area contributed by atoms with E-state index in [0.717, 1.165) is 13.0 Å². The monoisotopic (exact) mass is 534 g/mol. The van der Waals surface area contributed by atoms with Crippen LogP contribution in [0.3, 0.4) is 0 Å². The molecule has 10 heteroatoms. The summed E-state index contributed by atoms with van der Waals surface area (Å²) < 4.78 is 19.9. The summed E-state index contributed by atoms with van der Waals surface area (Å²) in [5.41, 5.74) is 29.1. The molecule has 0 bridgehead atoms. The topological polar surface area (TPSA) is 210 Å². The van der Waals surface area contributed by atoms with Crippen molar-refractivity contribution in [2.75, 3.05) is 39.0 Å². The molecule has 0 saturated heterocycles. The van der Waals surface area contributed by atoms with E-state index < -0.39 is 10.0 Å². The van der Waals surface area contributed by atoms with Gasteiger partial charge in [-0.15, -0.1) is 0 Å². The molecule has 0 heterocycles. The lowest BCUT2D eigenvalue weighted by Crippen LogP contribution is -2.22. The van der Waals surface area contributed by atoms with Crippen molar-refractivity contribution >= 4 is 10.0 Å². The minimum atomic E-state index is -3.30. The van der Waals surface area contributed by atoms with Gasteiger partial charge in [0.1, 0.15) is 5.75 Å². The molecule has 37 heavy (non-hydrogen) atoms. The lowest BCUT2D eigenvalue weighted by molar-refractivity contribution is 0.475. The van der Waals surface area contributed by atoms with Crippen LogP contribution < -0.4 is 33.8 Å². The third-order valence-electron chi connectivity index (χ3n) is 4.41. The summed E-state index contributed by atoms with van der Waals surface area (Å²) in [6, 6.07) is 27.9. The summed E-state index contributed by atoms with van der Waals surface area (Å²) in [5, 5.41) is 13.4. The van der Waals surface area contributed by atoms with E-state index in [1.54, 1.807) is 12.1 Å². The Morgan fingerprint density at radius 1 is 0.730 bits per heavy atom. The van der Waals surface area contributed by atoms with Gasteiger partial charge < -0.3 is 33.8 Å². The highest BCUT2D eigenvalue weighted by molar-refractivity contribution is 7.89. The highest BCUT2D eigenvalue weighted by atomic mass is 32.2. The first-order chi connectivity index (χ1) is 17.7. The van der Waals surface area contributed by atoms with Crippen molar-refractivity contribution < 1.29 is 13.5 Å². The first-order valence-corrected chi connectivity index (χ1v) is 13.7. The second-order valence-corrected chi connectivity index (χ2v) is 9.11. The Morgan fingerprint density at radius 2 is 1.14 bits per heavy atom. The fourth-order valence-electron chi connectivity index (χ4n) is 2.83. The molecule has 9 nitrogen and oxygen atoms in total. The number of phenolic OH excluding ortho intramolecular Hbond substituents is 1. The fraction of sp³-hybridized carbons (Fsp3) is 0.333. The Balaban J connectivity index is 0. The predicted octanol–water partition coefficient (Wildman–Crippen LogP) is 1.44. The Kier molecular flexibility index (Phi) is 23.1. The van der Waals surface area contributed by atoms with Crippen molar-refractivity contribution in [2.45, 2.75) is 19.3 Å². The summed E-state index contributed by atoms with van der Waals surface area (Å²) in [5.74, 6) is 0.487. The molecule has 208 valence electrons. The maximum absolute atomic E-state index is 9.93. The van der Waals surface area contributed by atoms with Gasteiger partial charge in [0.05, 0.1) is 5.75 Å². The quantitative estimate of drug-likeness (QED) is 0.235. The van der Waals surface area contributed by atoms with Crippen molar-refractivity contribution in [3.05, 3.63) is 102 Å². The number of sulfonamides is 1. The first kappa shape index (κ1) is 36.3. The number of hydrogen-bond donors (Lipinski definition) is 7. The van der Waals surface area contributed by atoms with Crippen LogP contribution in [-0.4, -0.2) is 52.5 Å². The van der Waals surface area contributed by atoms with Crippen molar-refractivity contribution in [3.8, 4) is 5.75 Å². The van der Waals surface area contributed by atoms with Gasteiger partial charge in [-0.25, -0.2) is 13.6 Å². The van der Waals surface area contributed by atoms with Crippen LogP contribution in [0.5, 0.6) is 5.75 Å². The van der Waals surface area contributed by atoms with E-state index in [1.807, 2.05) is 31.2 Å². The number of phenols is 1. The molecule has 0 unspecified atom stereocenters. The fourth-order valence-corrected chi connectivity index (χ4v) is 3.16. The highest BCUT2D eigenvalue weighted by Crippen LogP contribution is 2.22. The van der Waals surface area contributed by atoms with E-state index in [4.69, 9.17) is 28.0 Å². The number of nitrogens with two attached hydrogens (primary N) is 6. The smallest absolute Gasteiger partial charge is 0.210 e. The number of aromatic hydroxyl groups is 1. The van der Waals surface area contributed by atoms with Crippen LogP contribution in [0.2, 0.25) is 0 Å². The van der Waals surface area contributed by atoms with Gasteiger partial charge >= 0.3 is 0 Å². The molecule has 0 spiro atoms. The van der Waals surface area contributed by atoms with Crippen LogP contribution >= 0.6 is 0 Å². The maximum atomic E-state index is 9.93. The van der Waals surface area contributed by atoms with Gasteiger partial charge in [0.2, 0.25) is 10.0 Å². The van der Waals surface area contributed by atoms with Gasteiger partial charge in [0.15, 0.2) is 0 Å². The predicted molar refractivity (Wildman–Crippen MR) is 157 cm³/mol. The molecular weight excluding hydrogens is 488 g/mol. The molecule has 0 aliphatic heterocycles. The zero-order valence-corrected chi connectivity index (χ0v) is 22.9. The maximum Gasteiger partial charge on any atom is 0.210 e. The van der Waals surface area contributed by atoms with Crippen molar-refractivity contribution in [1.82, 2.24) is 0 Å². The number of rotatable bonds is 7.